The van der Waals surface area contributed by atoms with Gasteiger partial charge in [-0.1, -0.05) is 0 Å². The van der Waals surface area contributed by atoms with Crippen LogP contribution in [0.4, 0.5) is 0 Å². The third-order valence-corrected chi connectivity index (χ3v) is 11.2. The van der Waals surface area contributed by atoms with Gasteiger partial charge in [0.05, 0.1) is 18.3 Å². The van der Waals surface area contributed by atoms with Gasteiger partial charge in [0.1, 0.15) is 12.3 Å². The van der Waals surface area contributed by atoms with Crippen LogP contribution in [-0.2, 0) is 52.1 Å². The van der Waals surface area contributed by atoms with Gasteiger partial charge in [0.2, 0.25) is 22.7 Å². The zero-order valence-corrected chi connectivity index (χ0v) is 27.5. The van der Waals surface area contributed by atoms with Crippen molar-refractivity contribution in [2.24, 2.45) is 5.92 Å². The van der Waals surface area contributed by atoms with E-state index in [4.69, 9.17) is 14.5 Å². The van der Waals surface area contributed by atoms with Gasteiger partial charge < -0.3 is 40.1 Å². The number of ether oxygens (including phenoxy) is 1. The Morgan fingerprint density at radius 2 is 1.68 bits per heavy atom. The molecule has 27 heteroatoms. The van der Waals surface area contributed by atoms with Crippen LogP contribution >= 0.6 is 23.5 Å². The third kappa shape index (κ3) is 12.5. The van der Waals surface area contributed by atoms with Gasteiger partial charge in [-0.15, -0.1) is 0 Å². The topological polar surface area (TPSA) is 340 Å². The molecule has 3 heterocycles. The Bertz CT molecular complexity index is 1670. The molecule has 2 aliphatic rings. The summed E-state index contributed by atoms with van der Waals surface area (Å²) in [5, 5.41) is 15.4. The van der Waals surface area contributed by atoms with Crippen molar-refractivity contribution in [3.63, 3.8) is 0 Å². The SMILES string of the molecule is O=C(/C=C/c1cn([C@H]2CC(O)[C@@H](COP(=O)(O)OP(=O)(O)OP(=O)(O)O)O2)c(=O)[nH]c1=O)NCCNC(=O)C1CCN([SH](=O)=O)CC1. The largest absolute Gasteiger partial charge is 0.490 e. The van der Waals surface area contributed by atoms with E-state index in [1.165, 1.54) is 4.31 Å². The molecule has 0 bridgehead atoms. The molecule has 5 atom stereocenters. The van der Waals surface area contributed by atoms with E-state index >= 15 is 0 Å². The molecule has 1 aromatic heterocycles. The summed E-state index contributed by atoms with van der Waals surface area (Å²) in [6.45, 7) is -0.409. The molecule has 266 valence electrons. The number of nitrogens with one attached hydrogen (secondary N) is 3. The summed E-state index contributed by atoms with van der Waals surface area (Å²) in [5.74, 6) is -1.30. The number of carbonyl (C=O) groups is 2. The number of rotatable bonds is 15. The molecule has 0 spiro atoms. The molecule has 2 fully saturated rings. The number of aliphatic hydroxyl groups is 1. The van der Waals surface area contributed by atoms with Crippen LogP contribution in [0.3, 0.4) is 0 Å². The van der Waals surface area contributed by atoms with Crippen molar-refractivity contribution in [1.29, 1.82) is 0 Å². The number of carbonyl (C=O) groups excluding carboxylic acids is 2. The molecule has 2 amide bonds. The van der Waals surface area contributed by atoms with Crippen LogP contribution in [0.5, 0.6) is 0 Å². The Labute approximate surface area is 266 Å². The highest BCUT2D eigenvalue weighted by atomic mass is 32.2. The van der Waals surface area contributed by atoms with Crippen molar-refractivity contribution in [1.82, 2.24) is 24.5 Å². The lowest BCUT2D eigenvalue weighted by Gasteiger charge is -2.26. The summed E-state index contributed by atoms with van der Waals surface area (Å²) < 4.78 is 75.3. The maximum Gasteiger partial charge on any atom is 0.490 e. The summed E-state index contributed by atoms with van der Waals surface area (Å²) in [5.41, 5.74) is -2.09. The fraction of sp³-hybridized carbons (Fsp3) is 0.600. The summed E-state index contributed by atoms with van der Waals surface area (Å²) >= 11 is 0. The molecule has 2 aliphatic heterocycles. The number of H-pyrrole nitrogens is 1. The molecule has 8 N–H and O–H groups in total. The highest BCUT2D eigenvalue weighted by Crippen LogP contribution is 2.66. The Kier molecular flexibility index (Phi) is 13.6. The van der Waals surface area contributed by atoms with Crippen molar-refractivity contribution in [3.05, 3.63) is 38.7 Å². The summed E-state index contributed by atoms with van der Waals surface area (Å²) in [6.07, 6.45) is -0.761. The molecule has 0 saturated carbocycles. The van der Waals surface area contributed by atoms with Crippen molar-refractivity contribution in [2.45, 2.75) is 37.7 Å². The van der Waals surface area contributed by atoms with E-state index in [9.17, 15) is 56.2 Å². The number of piperidine rings is 1. The van der Waals surface area contributed by atoms with Gasteiger partial charge in [0.15, 0.2) is 0 Å². The van der Waals surface area contributed by atoms with Gasteiger partial charge in [-0.05, 0) is 18.9 Å². The second kappa shape index (κ2) is 16.3. The molecule has 0 aromatic carbocycles. The zero-order chi connectivity index (χ0) is 35.2. The quantitative estimate of drug-likeness (QED) is 0.0373. The molecule has 2 saturated heterocycles. The number of phosphoric ester groups is 1. The molecule has 3 rings (SSSR count). The summed E-state index contributed by atoms with van der Waals surface area (Å²) in [6, 6.07) is 0. The Hall–Kier alpha value is -2.40. The Balaban J connectivity index is 1.51. The van der Waals surface area contributed by atoms with Crippen LogP contribution < -0.4 is 21.9 Å². The van der Waals surface area contributed by atoms with E-state index in [-0.39, 0.29) is 50.0 Å². The highest BCUT2D eigenvalue weighted by molar-refractivity contribution is 7.69. The average molecular weight is 755 g/mol. The van der Waals surface area contributed by atoms with Crippen LogP contribution in [0.15, 0.2) is 21.9 Å². The summed E-state index contributed by atoms with van der Waals surface area (Å²) in [4.78, 5) is 87.1. The average Bonchev–Trinajstić information content (AvgIpc) is 3.31. The van der Waals surface area contributed by atoms with E-state index in [1.807, 2.05) is 4.98 Å². The Morgan fingerprint density at radius 3 is 2.30 bits per heavy atom. The van der Waals surface area contributed by atoms with Gasteiger partial charge >= 0.3 is 29.2 Å². The number of nitrogens with zero attached hydrogens (tertiary/aromatic N) is 2. The standard InChI is InChI=1S/C20H32N5O18P3S/c26-14-9-17(41-15(14)11-40-45(34,35)43-46(36,37)42-44(31,32)33)25-10-13(19(29)23-20(25)30)1-2-16(27)21-5-6-22-18(28)12-3-7-24(8-4-12)47(38)39/h1-2,10,12,14-15,17,26,47H,3-9,11H2,(H,21,27)(H,22,28)(H,34,35)(H,36,37)(H,23,29,30)(H2,31,32,33)/b2-1+/t14?,15-,17-/m1/s1. The first-order valence-corrected chi connectivity index (χ1v) is 19.0. The molecule has 47 heavy (non-hydrogen) atoms. The monoisotopic (exact) mass is 755 g/mol. The molecule has 0 aliphatic carbocycles. The summed E-state index contributed by atoms with van der Waals surface area (Å²) in [7, 11) is -19.6. The lowest BCUT2D eigenvalue weighted by Crippen LogP contribution is -2.42. The van der Waals surface area contributed by atoms with Crippen molar-refractivity contribution in [2.75, 3.05) is 32.8 Å². The number of aromatic amines is 1. The number of aromatic nitrogens is 2. The fourth-order valence-electron chi connectivity index (χ4n) is 4.37. The number of thiol groups is 1. The molecule has 23 nitrogen and oxygen atoms in total. The molecular formula is C20H32N5O18P3S. The zero-order valence-electron chi connectivity index (χ0n) is 23.9. The van der Waals surface area contributed by atoms with Gasteiger partial charge in [0.25, 0.3) is 5.56 Å². The predicted molar refractivity (Wildman–Crippen MR) is 155 cm³/mol. The Morgan fingerprint density at radius 1 is 1.04 bits per heavy atom. The van der Waals surface area contributed by atoms with Crippen LogP contribution in [-0.4, -0.2) is 104 Å². The maximum atomic E-state index is 12.4. The minimum Gasteiger partial charge on any atom is -0.390 e. The van der Waals surface area contributed by atoms with E-state index < -0.39 is 76.6 Å². The number of phosphoric acid groups is 3. The normalized spacial score (nSPS) is 23.8. The smallest absolute Gasteiger partial charge is 0.390 e. The lowest BCUT2D eigenvalue weighted by molar-refractivity contribution is -0.126. The first-order chi connectivity index (χ1) is 21.7. The first kappa shape index (κ1) is 39.0. The number of hydrogen-bond donors (Lipinski definition) is 9. The van der Waals surface area contributed by atoms with Gasteiger partial charge in [-0.25, -0.2) is 31.2 Å². The van der Waals surface area contributed by atoms with Crippen molar-refractivity contribution >= 4 is 52.2 Å². The van der Waals surface area contributed by atoms with Crippen LogP contribution in [0.25, 0.3) is 6.08 Å². The number of aliphatic hydroxyl groups excluding tert-OH is 1. The van der Waals surface area contributed by atoms with Crippen molar-refractivity contribution in [3.8, 4) is 0 Å². The van der Waals surface area contributed by atoms with Gasteiger partial charge in [-0.2, -0.15) is 8.62 Å². The van der Waals surface area contributed by atoms with Crippen LogP contribution in [0.2, 0.25) is 0 Å². The van der Waals surface area contributed by atoms with E-state index in [0.29, 0.717) is 12.8 Å². The number of hydrogen-bond acceptors (Lipinski definition) is 14. The molecular weight excluding hydrogens is 723 g/mol. The van der Waals surface area contributed by atoms with E-state index in [1.54, 1.807) is 0 Å². The highest BCUT2D eigenvalue weighted by Gasteiger charge is 2.43. The van der Waals surface area contributed by atoms with Gasteiger partial charge in [-0.3, -0.25) is 28.5 Å². The fourth-order valence-corrected chi connectivity index (χ4v) is 7.96. The number of amides is 2. The predicted octanol–water partition coefficient (Wildman–Crippen LogP) is -2.99. The minimum atomic E-state index is -5.78. The van der Waals surface area contributed by atoms with E-state index in [0.717, 1.165) is 22.9 Å². The minimum absolute atomic E-state index is 0.0195. The van der Waals surface area contributed by atoms with Crippen molar-refractivity contribution < 1.29 is 74.3 Å². The molecule has 0 radical (unpaired) electrons. The molecule has 3 unspecified atom stereocenters. The van der Waals surface area contributed by atoms with Crippen LogP contribution in [0.1, 0.15) is 31.1 Å². The second-order valence-corrected chi connectivity index (χ2v) is 15.4. The maximum absolute atomic E-state index is 12.4. The second-order valence-electron chi connectivity index (χ2n) is 9.95. The van der Waals surface area contributed by atoms with Gasteiger partial charge in [0, 0.05) is 50.8 Å². The molecule has 1 aromatic rings. The van der Waals surface area contributed by atoms with Crippen LogP contribution in [0, 0.1) is 5.92 Å². The lowest BCUT2D eigenvalue weighted by atomic mass is 9.97. The first-order valence-electron chi connectivity index (χ1n) is 13.4. The third-order valence-electron chi connectivity index (χ3n) is 6.54. The van der Waals surface area contributed by atoms with E-state index in [2.05, 4.69) is 23.8 Å².